The molecule has 2 aromatic rings. The van der Waals surface area contributed by atoms with Crippen LogP contribution in [0.5, 0.6) is 0 Å². The summed E-state index contributed by atoms with van der Waals surface area (Å²) in [6, 6.07) is 13.0. The predicted molar refractivity (Wildman–Crippen MR) is 98.4 cm³/mol. The van der Waals surface area contributed by atoms with Gasteiger partial charge in [0.05, 0.1) is 12.0 Å². The molecule has 3 atom stereocenters. The van der Waals surface area contributed by atoms with Gasteiger partial charge in [-0.05, 0) is 37.6 Å². The van der Waals surface area contributed by atoms with E-state index < -0.39 is 17.7 Å². The number of nitriles is 1. The van der Waals surface area contributed by atoms with Gasteiger partial charge in [0.2, 0.25) is 6.04 Å². The average Bonchev–Trinajstić information content (AvgIpc) is 2.54. The topological polar surface area (TPSA) is 59.9 Å². The van der Waals surface area contributed by atoms with Crippen molar-refractivity contribution in [3.8, 4) is 6.07 Å². The first kappa shape index (κ1) is 17.7. The molecule has 0 fully saturated rings. The Labute approximate surface area is 157 Å². The summed E-state index contributed by atoms with van der Waals surface area (Å²) < 4.78 is 1.93. The third-order valence-electron chi connectivity index (χ3n) is 4.45. The fraction of sp³-hybridized carbons (Fsp3) is 0.263. The molecule has 1 aliphatic heterocycles. The first-order valence-corrected chi connectivity index (χ1v) is 8.67. The Morgan fingerprint density at radius 1 is 1.32 bits per heavy atom. The van der Waals surface area contributed by atoms with E-state index in [2.05, 4.69) is 11.4 Å². The van der Waals surface area contributed by atoms with E-state index in [-0.39, 0.29) is 5.03 Å². The van der Waals surface area contributed by atoms with Crippen molar-refractivity contribution < 1.29 is 9.67 Å². The zero-order valence-electron chi connectivity index (χ0n) is 13.9. The van der Waals surface area contributed by atoms with Gasteiger partial charge < -0.3 is 23.1 Å². The molecule has 0 spiro atoms. The summed E-state index contributed by atoms with van der Waals surface area (Å²) in [5.41, 5.74) is 1.05. The first-order chi connectivity index (χ1) is 11.8. The fourth-order valence-corrected chi connectivity index (χ4v) is 3.89. The van der Waals surface area contributed by atoms with Crippen LogP contribution in [-0.2, 0) is 12.6 Å². The lowest BCUT2D eigenvalue weighted by atomic mass is 9.78. The summed E-state index contributed by atoms with van der Waals surface area (Å²) in [4.78, 5) is 0. The van der Waals surface area contributed by atoms with Gasteiger partial charge in [0, 0.05) is 22.2 Å². The molecular weight excluding hydrogens is 354 g/mol. The van der Waals surface area contributed by atoms with Crippen LogP contribution in [0.4, 0.5) is 0 Å². The van der Waals surface area contributed by atoms with E-state index in [0.717, 1.165) is 11.1 Å². The van der Waals surface area contributed by atoms with Crippen molar-refractivity contribution in [3.05, 3.63) is 75.5 Å². The number of nitrogens with zero attached hydrogens (tertiary/aromatic N) is 2. The van der Waals surface area contributed by atoms with Crippen LogP contribution in [0.15, 0.2) is 59.4 Å². The molecule has 2 heterocycles. The second-order valence-electron chi connectivity index (χ2n) is 6.43. The lowest BCUT2D eigenvalue weighted by Crippen LogP contribution is -2.63. The molecule has 3 rings (SSSR count). The van der Waals surface area contributed by atoms with Crippen LogP contribution < -0.4 is 9.88 Å². The Morgan fingerprint density at radius 3 is 2.60 bits per heavy atom. The maximum absolute atomic E-state index is 11.1. The molecule has 128 valence electrons. The van der Waals surface area contributed by atoms with Crippen molar-refractivity contribution in [3.63, 3.8) is 0 Å². The lowest BCUT2D eigenvalue weighted by Gasteiger charge is -2.43. The molecule has 1 aromatic heterocycles. The van der Waals surface area contributed by atoms with E-state index in [1.54, 1.807) is 19.1 Å². The van der Waals surface area contributed by atoms with Gasteiger partial charge in [-0.15, -0.1) is 0 Å². The number of allylic oxidation sites excluding steroid dienone is 1. The van der Waals surface area contributed by atoms with Crippen LogP contribution in [0.25, 0.3) is 0 Å². The smallest absolute Gasteiger partial charge is 0.216 e. The summed E-state index contributed by atoms with van der Waals surface area (Å²) >= 11 is 11.4. The summed E-state index contributed by atoms with van der Waals surface area (Å²) in [5.74, 6) is -0.391. The molecular formula is C19H18ClN3OS. The third kappa shape index (κ3) is 3.34. The Balaban J connectivity index is 2.23. The number of halogens is 1. The van der Waals surface area contributed by atoms with E-state index in [9.17, 15) is 10.4 Å². The van der Waals surface area contributed by atoms with E-state index in [4.69, 9.17) is 24.2 Å². The van der Waals surface area contributed by atoms with Gasteiger partial charge >= 0.3 is 0 Å². The standard InChI is InChI=1S/C19H18ClN3OS/c1-12-4-3-9-23(11-12)17-16(13-5-7-14(20)8-6-13)15(10-21)18(25)22-19(17,2)24/h3-9,11,16-17,22,24H,1-2H3/t16-,17+,19+/m0/s1. The Bertz CT molecular complexity index is 871. The van der Waals surface area contributed by atoms with Crippen molar-refractivity contribution in [2.45, 2.75) is 31.5 Å². The Morgan fingerprint density at radius 2 is 2.00 bits per heavy atom. The van der Waals surface area contributed by atoms with Gasteiger partial charge in [0.25, 0.3) is 0 Å². The van der Waals surface area contributed by atoms with E-state index >= 15 is 0 Å². The van der Waals surface area contributed by atoms with Gasteiger partial charge in [0.15, 0.2) is 18.1 Å². The van der Waals surface area contributed by atoms with Crippen molar-refractivity contribution in [1.29, 1.82) is 5.26 Å². The zero-order chi connectivity index (χ0) is 18.2. The number of pyridine rings is 1. The highest BCUT2D eigenvalue weighted by molar-refractivity contribution is 7.63. The number of aryl methyl sites for hydroxylation is 1. The fourth-order valence-electron chi connectivity index (χ4n) is 3.38. The summed E-state index contributed by atoms with van der Waals surface area (Å²) in [5, 5.41) is 24.6. The molecule has 0 saturated heterocycles. The zero-order valence-corrected chi connectivity index (χ0v) is 15.5. The van der Waals surface area contributed by atoms with Crippen LogP contribution in [-0.4, -0.2) is 10.8 Å². The second kappa shape index (κ2) is 6.64. The summed E-state index contributed by atoms with van der Waals surface area (Å²) in [6.07, 6.45) is 3.84. The van der Waals surface area contributed by atoms with Crippen molar-refractivity contribution in [2.75, 3.05) is 0 Å². The van der Waals surface area contributed by atoms with E-state index in [1.165, 1.54) is 0 Å². The SMILES string of the molecule is Cc1ccc[n+]([C@@H]2[C@@H](c3ccc(Cl)cc3)C(C#N)=C([S-])N[C@]2(C)O)c1. The molecule has 25 heavy (non-hydrogen) atoms. The summed E-state index contributed by atoms with van der Waals surface area (Å²) in [7, 11) is 0. The molecule has 2 N–H and O–H groups in total. The number of benzene rings is 1. The average molecular weight is 372 g/mol. The first-order valence-electron chi connectivity index (χ1n) is 7.88. The minimum absolute atomic E-state index is 0.275. The van der Waals surface area contributed by atoms with Crippen LogP contribution in [0.1, 0.15) is 30.0 Å². The Hall–Kier alpha value is -2.13. The van der Waals surface area contributed by atoms with Gasteiger partial charge in [-0.3, -0.25) is 0 Å². The van der Waals surface area contributed by atoms with Gasteiger partial charge in [-0.2, -0.15) is 9.83 Å². The minimum atomic E-state index is -1.32. The van der Waals surface area contributed by atoms with Crippen LogP contribution in [0, 0.1) is 18.3 Å². The molecule has 1 aliphatic rings. The van der Waals surface area contributed by atoms with E-state index in [1.807, 2.05) is 48.1 Å². The number of rotatable bonds is 2. The second-order valence-corrected chi connectivity index (χ2v) is 7.27. The third-order valence-corrected chi connectivity index (χ3v) is 5.03. The maximum atomic E-state index is 11.1. The van der Waals surface area contributed by atoms with Crippen molar-refractivity contribution in [2.24, 2.45) is 0 Å². The van der Waals surface area contributed by atoms with Crippen LogP contribution >= 0.6 is 11.6 Å². The Kier molecular flexibility index (Phi) is 4.70. The van der Waals surface area contributed by atoms with Gasteiger partial charge in [0.1, 0.15) is 0 Å². The van der Waals surface area contributed by atoms with Crippen molar-refractivity contribution >= 4 is 24.2 Å². The monoisotopic (exact) mass is 371 g/mol. The highest BCUT2D eigenvalue weighted by atomic mass is 35.5. The number of aromatic nitrogens is 1. The highest BCUT2D eigenvalue weighted by Crippen LogP contribution is 2.42. The maximum Gasteiger partial charge on any atom is 0.216 e. The summed E-state index contributed by atoms with van der Waals surface area (Å²) in [6.45, 7) is 3.66. The number of hydrogen-bond acceptors (Lipinski definition) is 4. The molecule has 1 aromatic carbocycles. The van der Waals surface area contributed by atoms with Gasteiger partial charge in [-0.25, -0.2) is 0 Å². The van der Waals surface area contributed by atoms with Gasteiger partial charge in [-0.1, -0.05) is 28.8 Å². The number of aliphatic hydroxyl groups is 1. The van der Waals surface area contributed by atoms with Crippen molar-refractivity contribution in [1.82, 2.24) is 5.32 Å². The number of nitrogens with one attached hydrogen (secondary N) is 1. The molecule has 0 amide bonds. The van der Waals surface area contributed by atoms with Crippen LogP contribution in [0.2, 0.25) is 5.02 Å². The molecule has 0 radical (unpaired) electrons. The van der Waals surface area contributed by atoms with E-state index in [0.29, 0.717) is 10.6 Å². The highest BCUT2D eigenvalue weighted by Gasteiger charge is 2.50. The molecule has 0 bridgehead atoms. The number of hydrogen-bond donors (Lipinski definition) is 2. The molecule has 0 aliphatic carbocycles. The largest absolute Gasteiger partial charge is 0.762 e. The molecule has 4 nitrogen and oxygen atoms in total. The predicted octanol–water partition coefficient (Wildman–Crippen LogP) is 2.85. The molecule has 6 heteroatoms. The minimum Gasteiger partial charge on any atom is -0.762 e. The normalized spacial score (nSPS) is 26.0. The molecule has 0 saturated carbocycles. The van der Waals surface area contributed by atoms with Crippen LogP contribution in [0.3, 0.4) is 0 Å². The molecule has 0 unspecified atom stereocenters. The lowest BCUT2D eigenvalue weighted by molar-refractivity contribution is -0.741. The quantitative estimate of drug-likeness (QED) is 0.629.